The van der Waals surface area contributed by atoms with E-state index < -0.39 is 4.08 Å². The minimum absolute atomic E-state index is 0.115. The van der Waals surface area contributed by atoms with Crippen molar-refractivity contribution in [1.29, 1.82) is 0 Å². The van der Waals surface area contributed by atoms with Crippen LogP contribution >= 0.6 is 25.3 Å². The summed E-state index contributed by atoms with van der Waals surface area (Å²) in [5, 5.41) is 0. The van der Waals surface area contributed by atoms with Crippen molar-refractivity contribution < 1.29 is 4.79 Å². The molecule has 0 heterocycles. The predicted molar refractivity (Wildman–Crippen MR) is 76.9 cm³/mol. The Morgan fingerprint density at radius 2 is 1.29 bits per heavy atom. The van der Waals surface area contributed by atoms with Crippen molar-refractivity contribution in [3.05, 3.63) is 71.8 Å². The third-order valence-corrected chi connectivity index (χ3v) is 3.45. The molecule has 0 aliphatic carbocycles. The van der Waals surface area contributed by atoms with Gasteiger partial charge in [0.15, 0.2) is 5.78 Å². The first-order chi connectivity index (χ1) is 8.12. The topological polar surface area (TPSA) is 17.1 Å². The first-order valence-corrected chi connectivity index (χ1v) is 6.12. The lowest BCUT2D eigenvalue weighted by Crippen LogP contribution is -2.23. The van der Waals surface area contributed by atoms with Crippen LogP contribution in [0.15, 0.2) is 60.7 Å². The number of rotatable bonds is 3. The van der Waals surface area contributed by atoms with Gasteiger partial charge in [-0.25, -0.2) is 0 Å². The van der Waals surface area contributed by atoms with E-state index in [9.17, 15) is 4.79 Å². The number of thiol groups is 2. The molecule has 2 aromatic rings. The van der Waals surface area contributed by atoms with E-state index in [2.05, 4.69) is 25.3 Å². The van der Waals surface area contributed by atoms with Gasteiger partial charge in [0.05, 0.1) is 0 Å². The van der Waals surface area contributed by atoms with Crippen LogP contribution in [0.4, 0.5) is 0 Å². The lowest BCUT2D eigenvalue weighted by atomic mass is 10.0. The van der Waals surface area contributed by atoms with E-state index in [4.69, 9.17) is 0 Å². The van der Waals surface area contributed by atoms with Crippen LogP contribution in [0.1, 0.15) is 15.9 Å². The van der Waals surface area contributed by atoms with Gasteiger partial charge in [0.2, 0.25) is 0 Å². The molecule has 2 rings (SSSR count). The maximum Gasteiger partial charge on any atom is 0.192 e. The lowest BCUT2D eigenvalue weighted by Gasteiger charge is -2.21. The monoisotopic (exact) mass is 260 g/mol. The Morgan fingerprint density at radius 3 is 1.82 bits per heavy atom. The quantitative estimate of drug-likeness (QED) is 0.490. The summed E-state index contributed by atoms with van der Waals surface area (Å²) in [6.07, 6.45) is 0. The molecule has 0 aliphatic heterocycles. The molecule has 0 spiro atoms. The molecule has 0 unspecified atom stereocenters. The number of carbonyl (C=O) groups excluding carboxylic acids is 1. The lowest BCUT2D eigenvalue weighted by molar-refractivity contribution is 0.0979. The summed E-state index contributed by atoms with van der Waals surface area (Å²) >= 11 is 8.79. The number of hydrogen-bond donors (Lipinski definition) is 2. The molecule has 3 heteroatoms. The highest BCUT2D eigenvalue weighted by atomic mass is 32.2. The van der Waals surface area contributed by atoms with Gasteiger partial charge in [-0.05, 0) is 5.56 Å². The molecule has 0 aromatic heterocycles. The highest BCUT2D eigenvalue weighted by molar-refractivity contribution is 8.01. The Labute approximate surface area is 112 Å². The molecule has 0 saturated carbocycles. The highest BCUT2D eigenvalue weighted by Gasteiger charge is 2.32. The second kappa shape index (κ2) is 4.98. The summed E-state index contributed by atoms with van der Waals surface area (Å²) < 4.78 is -1.09. The van der Waals surface area contributed by atoms with Crippen molar-refractivity contribution in [1.82, 2.24) is 0 Å². The second-order valence-corrected chi connectivity index (χ2v) is 5.43. The fourth-order valence-corrected chi connectivity index (χ4v) is 2.15. The Morgan fingerprint density at radius 1 is 0.824 bits per heavy atom. The third kappa shape index (κ3) is 2.56. The molecular weight excluding hydrogens is 248 g/mol. The standard InChI is InChI=1S/C14H12OS2/c15-13(11-7-3-1-4-8-11)14(16,17)12-9-5-2-6-10-12/h1-10,16-17H. The van der Waals surface area contributed by atoms with E-state index in [1.54, 1.807) is 12.1 Å². The van der Waals surface area contributed by atoms with E-state index in [0.29, 0.717) is 5.56 Å². The van der Waals surface area contributed by atoms with Crippen molar-refractivity contribution >= 4 is 31.0 Å². The maximum atomic E-state index is 12.3. The van der Waals surface area contributed by atoms with Gasteiger partial charge >= 0.3 is 0 Å². The summed E-state index contributed by atoms with van der Waals surface area (Å²) in [6.45, 7) is 0. The van der Waals surface area contributed by atoms with Crippen LogP contribution in [0.5, 0.6) is 0 Å². The molecule has 0 atom stereocenters. The Balaban J connectivity index is 2.37. The predicted octanol–water partition coefficient (Wildman–Crippen LogP) is 3.58. The SMILES string of the molecule is O=C(c1ccccc1)C(S)(S)c1ccccc1. The van der Waals surface area contributed by atoms with Crippen LogP contribution in [0.2, 0.25) is 0 Å². The first kappa shape index (κ1) is 12.3. The number of benzene rings is 2. The van der Waals surface area contributed by atoms with Crippen molar-refractivity contribution in [2.75, 3.05) is 0 Å². The summed E-state index contributed by atoms with van der Waals surface area (Å²) in [7, 11) is 0. The molecule has 17 heavy (non-hydrogen) atoms. The average molecular weight is 260 g/mol. The van der Waals surface area contributed by atoms with Crippen LogP contribution in [0.25, 0.3) is 0 Å². The summed E-state index contributed by atoms with van der Waals surface area (Å²) in [6, 6.07) is 18.4. The molecule has 0 saturated heterocycles. The van der Waals surface area contributed by atoms with E-state index in [1.807, 2.05) is 48.5 Å². The summed E-state index contributed by atoms with van der Waals surface area (Å²) in [5.74, 6) is -0.115. The molecule has 0 amide bonds. The van der Waals surface area contributed by atoms with Gasteiger partial charge in [0.25, 0.3) is 0 Å². The van der Waals surface area contributed by atoms with Gasteiger partial charge in [-0.1, -0.05) is 60.7 Å². The summed E-state index contributed by atoms with van der Waals surface area (Å²) in [5.41, 5.74) is 1.39. The van der Waals surface area contributed by atoms with Gasteiger partial charge in [-0.15, -0.1) is 25.3 Å². The molecule has 2 aromatic carbocycles. The van der Waals surface area contributed by atoms with Gasteiger partial charge in [-0.2, -0.15) is 0 Å². The highest BCUT2D eigenvalue weighted by Crippen LogP contribution is 2.36. The van der Waals surface area contributed by atoms with E-state index in [0.717, 1.165) is 5.56 Å². The zero-order valence-corrected chi connectivity index (χ0v) is 10.9. The fourth-order valence-electron chi connectivity index (χ4n) is 1.59. The number of carbonyl (C=O) groups is 1. The van der Waals surface area contributed by atoms with Crippen molar-refractivity contribution in [3.63, 3.8) is 0 Å². The van der Waals surface area contributed by atoms with Crippen LogP contribution < -0.4 is 0 Å². The number of Topliss-reactive ketones (excluding diaryl/α,β-unsaturated/α-hetero) is 1. The minimum atomic E-state index is -1.09. The van der Waals surface area contributed by atoms with Crippen molar-refractivity contribution in [2.24, 2.45) is 0 Å². The van der Waals surface area contributed by atoms with Crippen LogP contribution in [0, 0.1) is 0 Å². The molecule has 0 aliphatic rings. The third-order valence-electron chi connectivity index (χ3n) is 2.53. The zero-order chi connectivity index (χ0) is 12.3. The van der Waals surface area contributed by atoms with E-state index in [1.165, 1.54) is 0 Å². The van der Waals surface area contributed by atoms with Crippen molar-refractivity contribution in [3.8, 4) is 0 Å². The van der Waals surface area contributed by atoms with Crippen LogP contribution in [-0.4, -0.2) is 5.78 Å². The largest absolute Gasteiger partial charge is 0.291 e. The van der Waals surface area contributed by atoms with Crippen LogP contribution in [-0.2, 0) is 4.08 Å². The number of hydrogen-bond acceptors (Lipinski definition) is 3. The van der Waals surface area contributed by atoms with Crippen LogP contribution in [0.3, 0.4) is 0 Å². The molecule has 0 bridgehead atoms. The van der Waals surface area contributed by atoms with E-state index >= 15 is 0 Å². The molecule has 0 fully saturated rings. The minimum Gasteiger partial charge on any atom is -0.291 e. The fraction of sp³-hybridized carbons (Fsp3) is 0.0714. The normalized spacial score (nSPS) is 11.2. The van der Waals surface area contributed by atoms with Crippen molar-refractivity contribution in [2.45, 2.75) is 4.08 Å². The molecule has 1 nitrogen and oxygen atoms in total. The van der Waals surface area contributed by atoms with Gasteiger partial charge < -0.3 is 0 Å². The van der Waals surface area contributed by atoms with Gasteiger partial charge in [0, 0.05) is 5.56 Å². The molecule has 0 N–H and O–H groups in total. The Kier molecular flexibility index (Phi) is 3.60. The van der Waals surface area contributed by atoms with E-state index in [-0.39, 0.29) is 5.78 Å². The maximum absolute atomic E-state index is 12.3. The molecule has 0 radical (unpaired) electrons. The Bertz CT molecular complexity index is 506. The Hall–Kier alpha value is -1.19. The smallest absolute Gasteiger partial charge is 0.192 e. The average Bonchev–Trinajstić information content (AvgIpc) is 2.40. The molecule has 86 valence electrons. The number of ketones is 1. The first-order valence-electron chi connectivity index (χ1n) is 5.22. The zero-order valence-electron chi connectivity index (χ0n) is 9.08. The van der Waals surface area contributed by atoms with Gasteiger partial charge in [0.1, 0.15) is 4.08 Å². The summed E-state index contributed by atoms with van der Waals surface area (Å²) in [4.78, 5) is 12.3. The second-order valence-electron chi connectivity index (χ2n) is 3.73. The molecular formula is C14H12OS2. The van der Waals surface area contributed by atoms with Gasteiger partial charge in [-0.3, -0.25) is 4.79 Å².